The Morgan fingerprint density at radius 2 is 2.03 bits per heavy atom. The number of halogens is 1. The lowest BCUT2D eigenvalue weighted by Crippen LogP contribution is -2.21. The fraction of sp³-hybridized carbons (Fsp3) is 0.222. The Bertz CT molecular complexity index is 1450. The second kappa shape index (κ2) is 11.1. The molecule has 0 bridgehead atoms. The number of likely N-dealkylation sites (N-methyl/N-ethyl adjacent to an activating group) is 1. The van der Waals surface area contributed by atoms with Gasteiger partial charge in [0.1, 0.15) is 11.6 Å². The molecule has 2 aromatic carbocycles. The summed E-state index contributed by atoms with van der Waals surface area (Å²) in [5, 5.41) is 10.1. The number of aryl methyl sites for hydroxylation is 1. The van der Waals surface area contributed by atoms with Crippen LogP contribution in [0.25, 0.3) is 22.2 Å². The summed E-state index contributed by atoms with van der Waals surface area (Å²) in [7, 11) is 7.33. The molecule has 4 aromatic rings. The van der Waals surface area contributed by atoms with Crippen LogP contribution < -0.4 is 20.7 Å². The van der Waals surface area contributed by atoms with Crippen LogP contribution in [0, 0.1) is 5.82 Å². The number of nitrogens with zero attached hydrogens (tertiary/aromatic N) is 4. The van der Waals surface area contributed by atoms with E-state index >= 15 is 0 Å². The fourth-order valence-corrected chi connectivity index (χ4v) is 4.01. The molecule has 0 unspecified atom stereocenters. The summed E-state index contributed by atoms with van der Waals surface area (Å²) in [6.45, 7) is 5.00. The highest BCUT2D eigenvalue weighted by atomic mass is 19.1. The highest BCUT2D eigenvalue weighted by molar-refractivity contribution is 6.02. The van der Waals surface area contributed by atoms with Crippen molar-refractivity contribution in [1.29, 1.82) is 0 Å². The molecule has 2 aromatic heterocycles. The maximum absolute atomic E-state index is 14.4. The van der Waals surface area contributed by atoms with Crippen molar-refractivity contribution in [3.63, 3.8) is 0 Å². The van der Waals surface area contributed by atoms with Crippen LogP contribution >= 0.6 is 0 Å². The van der Waals surface area contributed by atoms with Gasteiger partial charge in [0.2, 0.25) is 11.9 Å². The first-order valence-electron chi connectivity index (χ1n) is 11.7. The van der Waals surface area contributed by atoms with Crippen molar-refractivity contribution in [1.82, 2.24) is 19.4 Å². The van der Waals surface area contributed by atoms with Crippen molar-refractivity contribution in [2.75, 3.05) is 50.2 Å². The summed E-state index contributed by atoms with van der Waals surface area (Å²) in [4.78, 5) is 23.2. The zero-order valence-electron chi connectivity index (χ0n) is 21.3. The Hall–Kier alpha value is -4.44. The molecule has 9 nitrogen and oxygen atoms in total. The summed E-state index contributed by atoms with van der Waals surface area (Å²) < 4.78 is 21.8. The number of fused-ring (bicyclic) bond motifs is 1. The van der Waals surface area contributed by atoms with Crippen molar-refractivity contribution >= 4 is 39.8 Å². The number of nitrogens with one attached hydrogen (secondary N) is 3. The molecule has 0 aliphatic heterocycles. The molecule has 0 fully saturated rings. The van der Waals surface area contributed by atoms with E-state index in [1.54, 1.807) is 49.2 Å². The molecule has 0 saturated carbocycles. The van der Waals surface area contributed by atoms with Gasteiger partial charge in [-0.3, -0.25) is 4.79 Å². The molecular weight excluding hydrogens is 473 g/mol. The second-order valence-electron chi connectivity index (χ2n) is 8.70. The van der Waals surface area contributed by atoms with E-state index in [1.807, 2.05) is 26.4 Å². The first-order valence-corrected chi connectivity index (χ1v) is 11.7. The van der Waals surface area contributed by atoms with E-state index < -0.39 is 0 Å². The van der Waals surface area contributed by atoms with Crippen molar-refractivity contribution in [3.8, 4) is 17.0 Å². The Labute approximate surface area is 215 Å². The highest BCUT2D eigenvalue weighted by Crippen LogP contribution is 2.37. The Morgan fingerprint density at radius 3 is 2.76 bits per heavy atom. The number of anilines is 4. The fourth-order valence-electron chi connectivity index (χ4n) is 4.01. The lowest BCUT2D eigenvalue weighted by molar-refractivity contribution is -0.111. The summed E-state index contributed by atoms with van der Waals surface area (Å²) in [5.41, 5.74) is 3.73. The predicted octanol–water partition coefficient (Wildman–Crippen LogP) is 4.62. The maximum atomic E-state index is 14.4. The maximum Gasteiger partial charge on any atom is 0.247 e. The Morgan fingerprint density at radius 1 is 1.22 bits per heavy atom. The first kappa shape index (κ1) is 25.6. The molecule has 1 amide bonds. The number of ether oxygens (including phenoxy) is 1. The average molecular weight is 504 g/mol. The number of amides is 1. The number of benzene rings is 2. The number of methoxy groups -OCH3 is 1. The number of carbonyl (C=O) groups excluding carboxylic acids is 1. The molecule has 0 radical (unpaired) electrons. The van der Waals surface area contributed by atoms with Crippen molar-refractivity contribution in [2.45, 2.75) is 0 Å². The molecule has 192 valence electrons. The largest absolute Gasteiger partial charge is 0.494 e. The van der Waals surface area contributed by atoms with E-state index in [2.05, 4.69) is 37.4 Å². The van der Waals surface area contributed by atoms with E-state index in [4.69, 9.17) is 4.74 Å². The minimum Gasteiger partial charge on any atom is -0.494 e. The molecular formula is C27H30FN7O2. The monoisotopic (exact) mass is 503 g/mol. The summed E-state index contributed by atoms with van der Waals surface area (Å²) >= 11 is 0. The topological polar surface area (TPSA) is 96.3 Å². The van der Waals surface area contributed by atoms with Crippen molar-refractivity contribution < 1.29 is 13.9 Å². The predicted molar refractivity (Wildman–Crippen MR) is 146 cm³/mol. The van der Waals surface area contributed by atoms with Crippen LogP contribution in [-0.2, 0) is 11.8 Å². The van der Waals surface area contributed by atoms with Crippen LogP contribution in [0.5, 0.6) is 5.75 Å². The van der Waals surface area contributed by atoms with E-state index in [-0.39, 0.29) is 11.7 Å². The zero-order valence-corrected chi connectivity index (χ0v) is 21.3. The molecule has 0 spiro atoms. The third-order valence-corrected chi connectivity index (χ3v) is 5.79. The molecule has 0 aliphatic rings. The van der Waals surface area contributed by atoms with E-state index in [0.29, 0.717) is 46.5 Å². The average Bonchev–Trinajstić information content (AvgIpc) is 3.22. The lowest BCUT2D eigenvalue weighted by Gasteiger charge is -2.19. The first-order chi connectivity index (χ1) is 17.8. The van der Waals surface area contributed by atoms with E-state index in [9.17, 15) is 9.18 Å². The Balaban J connectivity index is 1.69. The second-order valence-corrected chi connectivity index (χ2v) is 8.70. The molecule has 10 heteroatoms. The van der Waals surface area contributed by atoms with Crippen LogP contribution in [0.1, 0.15) is 0 Å². The minimum absolute atomic E-state index is 0.295. The van der Waals surface area contributed by atoms with E-state index in [0.717, 1.165) is 17.5 Å². The number of aromatic nitrogens is 3. The SMILES string of the molecule is C=CC(=O)Nc1cc(Nc2nccc(-c3cn(C)c4c(F)cccc34)n2)c(OC)cc1NCCN(C)C. The molecule has 3 N–H and O–H groups in total. The van der Waals surface area contributed by atoms with Crippen LogP contribution in [0.3, 0.4) is 0 Å². The van der Waals surface area contributed by atoms with Gasteiger partial charge in [0.15, 0.2) is 0 Å². The quantitative estimate of drug-likeness (QED) is 0.272. The Kier molecular flexibility index (Phi) is 7.69. The van der Waals surface area contributed by atoms with Gasteiger partial charge in [-0.1, -0.05) is 18.7 Å². The molecule has 0 aliphatic carbocycles. The van der Waals surface area contributed by atoms with Gasteiger partial charge in [0.25, 0.3) is 0 Å². The number of carbonyl (C=O) groups is 1. The van der Waals surface area contributed by atoms with Crippen LogP contribution in [0.2, 0.25) is 0 Å². The number of rotatable bonds is 10. The molecule has 0 saturated heterocycles. The van der Waals surface area contributed by atoms with Gasteiger partial charge in [-0.15, -0.1) is 0 Å². The summed E-state index contributed by atoms with van der Waals surface area (Å²) in [5.74, 6) is 0.216. The van der Waals surface area contributed by atoms with Crippen LogP contribution in [0.4, 0.5) is 27.4 Å². The summed E-state index contributed by atoms with van der Waals surface area (Å²) in [6, 6.07) is 10.3. The summed E-state index contributed by atoms with van der Waals surface area (Å²) in [6.07, 6.45) is 4.69. The molecule has 4 rings (SSSR count). The molecule has 0 atom stereocenters. The highest BCUT2D eigenvalue weighted by Gasteiger charge is 2.16. The van der Waals surface area contributed by atoms with Gasteiger partial charge >= 0.3 is 0 Å². The smallest absolute Gasteiger partial charge is 0.247 e. The molecule has 2 heterocycles. The lowest BCUT2D eigenvalue weighted by atomic mass is 10.1. The van der Waals surface area contributed by atoms with Gasteiger partial charge in [-0.25, -0.2) is 14.4 Å². The van der Waals surface area contributed by atoms with Crippen LogP contribution in [-0.4, -0.2) is 59.6 Å². The number of hydrogen-bond donors (Lipinski definition) is 3. The zero-order chi connectivity index (χ0) is 26.5. The van der Waals surface area contributed by atoms with Crippen molar-refractivity contribution in [2.24, 2.45) is 7.05 Å². The number of para-hydroxylation sites is 1. The van der Waals surface area contributed by atoms with Gasteiger partial charge in [-0.2, -0.15) is 0 Å². The number of hydrogen-bond acceptors (Lipinski definition) is 7. The van der Waals surface area contributed by atoms with E-state index in [1.165, 1.54) is 12.1 Å². The third kappa shape index (κ3) is 5.70. The van der Waals surface area contributed by atoms with Gasteiger partial charge in [0, 0.05) is 49.5 Å². The third-order valence-electron chi connectivity index (χ3n) is 5.79. The standard InChI is InChI=1S/C27H30FN7O2/c1-6-25(36)31-22-14-23(24(37-5)15-21(22)29-12-13-34(2)3)33-27-30-11-10-20(32-27)18-16-35(4)26-17(18)8-7-9-19(26)28/h6-11,14-16,29H,1,12-13H2,2-5H3,(H,31,36)(H,30,32,33). The van der Waals surface area contributed by atoms with Gasteiger partial charge in [-0.05, 0) is 38.4 Å². The van der Waals surface area contributed by atoms with Crippen LogP contribution in [0.15, 0.2) is 61.4 Å². The van der Waals surface area contributed by atoms with Crippen molar-refractivity contribution in [3.05, 3.63) is 67.3 Å². The van der Waals surface area contributed by atoms with Gasteiger partial charge < -0.3 is 30.2 Å². The minimum atomic E-state index is -0.340. The normalized spacial score (nSPS) is 11.0. The molecule has 37 heavy (non-hydrogen) atoms. The van der Waals surface area contributed by atoms with Gasteiger partial charge in [0.05, 0.1) is 35.4 Å².